The Morgan fingerprint density at radius 3 is 2.70 bits per heavy atom. The van der Waals surface area contributed by atoms with Gasteiger partial charge >= 0.3 is 0 Å². The van der Waals surface area contributed by atoms with Crippen molar-refractivity contribution in [2.75, 3.05) is 19.9 Å². The van der Waals surface area contributed by atoms with E-state index in [1.807, 2.05) is 6.07 Å². The Kier molecular flexibility index (Phi) is 5.39. The number of rotatable bonds is 3. The predicted octanol–water partition coefficient (Wildman–Crippen LogP) is 2.58. The topological polar surface area (TPSA) is 83.8 Å². The lowest BCUT2D eigenvalue weighted by molar-refractivity contribution is 0.271. The molecule has 0 saturated carbocycles. The lowest BCUT2D eigenvalue weighted by Gasteiger charge is -2.33. The molecule has 7 nitrogen and oxygen atoms in total. The smallest absolute Gasteiger partial charge is 0.261 e. The van der Waals surface area contributed by atoms with Gasteiger partial charge in [0.1, 0.15) is 5.75 Å². The lowest BCUT2D eigenvalue weighted by atomic mass is 10.0. The molecule has 2 aromatic rings. The molecular weight excluding hydrogens is 366 g/mol. The minimum atomic E-state index is -3.67. The lowest BCUT2D eigenvalue weighted by Crippen LogP contribution is -2.39. The summed E-state index contributed by atoms with van der Waals surface area (Å²) in [5.41, 5.74) is 5.45. The van der Waals surface area contributed by atoms with Gasteiger partial charge in [-0.2, -0.15) is 8.42 Å². The van der Waals surface area contributed by atoms with Crippen molar-refractivity contribution in [1.29, 1.82) is 0 Å². The second-order valence-electron chi connectivity index (χ2n) is 6.95. The van der Waals surface area contributed by atoms with Crippen LogP contribution in [0.25, 0.3) is 16.6 Å². The third kappa shape index (κ3) is 3.91. The van der Waals surface area contributed by atoms with Gasteiger partial charge in [-0.1, -0.05) is 13.3 Å². The first-order chi connectivity index (χ1) is 12.7. The van der Waals surface area contributed by atoms with E-state index >= 15 is 0 Å². The maximum atomic E-state index is 9.19. The maximum absolute atomic E-state index is 9.19. The highest BCUT2D eigenvalue weighted by Gasteiger charge is 2.33. The molecule has 0 radical (unpaired) electrons. The van der Waals surface area contributed by atoms with Crippen molar-refractivity contribution in [3.8, 4) is 5.75 Å². The van der Waals surface area contributed by atoms with E-state index in [1.54, 1.807) is 7.11 Å². The summed E-state index contributed by atoms with van der Waals surface area (Å²) in [5, 5.41) is 4.89. The van der Waals surface area contributed by atoms with Crippen LogP contribution in [0.5, 0.6) is 5.75 Å². The van der Waals surface area contributed by atoms with Gasteiger partial charge < -0.3 is 19.5 Å². The molecule has 148 valence electrons. The summed E-state index contributed by atoms with van der Waals surface area (Å²) in [6, 6.07) is 6.40. The molecule has 0 aliphatic carbocycles. The zero-order valence-corrected chi connectivity index (χ0v) is 17.0. The number of nitrogens with zero attached hydrogens (tertiary/aromatic N) is 2. The molecule has 0 amide bonds. The van der Waals surface area contributed by atoms with E-state index in [1.165, 1.54) is 40.7 Å². The fourth-order valence-electron chi connectivity index (χ4n) is 3.95. The van der Waals surface area contributed by atoms with Crippen molar-refractivity contribution in [3.05, 3.63) is 35.7 Å². The van der Waals surface area contributed by atoms with Gasteiger partial charge in [-0.3, -0.25) is 4.55 Å². The first-order valence-corrected chi connectivity index (χ1v) is 10.9. The van der Waals surface area contributed by atoms with Crippen LogP contribution >= 0.6 is 0 Å². The highest BCUT2D eigenvalue weighted by atomic mass is 32.2. The Morgan fingerprint density at radius 2 is 2.07 bits per heavy atom. The molecule has 1 aromatic carbocycles. The summed E-state index contributed by atoms with van der Waals surface area (Å²) >= 11 is 0. The summed E-state index contributed by atoms with van der Waals surface area (Å²) in [5.74, 6) is 0.936. The molecule has 0 saturated heterocycles. The number of hydrogen-bond donors (Lipinski definition) is 2. The molecule has 8 heteroatoms. The van der Waals surface area contributed by atoms with Crippen LogP contribution in [0, 0.1) is 0 Å². The van der Waals surface area contributed by atoms with Crippen LogP contribution in [0.1, 0.15) is 31.0 Å². The van der Waals surface area contributed by atoms with E-state index in [2.05, 4.69) is 47.1 Å². The Labute approximate surface area is 160 Å². The number of aromatic nitrogens is 1. The molecule has 1 atom stereocenters. The van der Waals surface area contributed by atoms with Crippen molar-refractivity contribution < 1.29 is 17.7 Å². The molecule has 2 aliphatic rings. The van der Waals surface area contributed by atoms with E-state index in [0.29, 0.717) is 12.4 Å². The van der Waals surface area contributed by atoms with Crippen molar-refractivity contribution in [2.45, 2.75) is 32.4 Å². The molecule has 2 aliphatic heterocycles. The zero-order valence-electron chi connectivity index (χ0n) is 16.2. The van der Waals surface area contributed by atoms with Crippen LogP contribution in [0.2, 0.25) is 0 Å². The normalized spacial score (nSPS) is 18.2. The molecule has 4 rings (SSSR count). The quantitative estimate of drug-likeness (QED) is 0.780. The van der Waals surface area contributed by atoms with Crippen molar-refractivity contribution in [1.82, 2.24) is 14.8 Å². The molecule has 0 fully saturated rings. The van der Waals surface area contributed by atoms with Gasteiger partial charge in [-0.25, -0.2) is 0 Å². The minimum absolute atomic E-state index is 0.459. The van der Waals surface area contributed by atoms with Gasteiger partial charge in [0.2, 0.25) is 0 Å². The summed E-state index contributed by atoms with van der Waals surface area (Å²) < 4.78 is 33.6. The van der Waals surface area contributed by atoms with Crippen LogP contribution in [0.3, 0.4) is 0 Å². The number of hydrogen-bond acceptors (Lipinski definition) is 5. The van der Waals surface area contributed by atoms with E-state index in [0.717, 1.165) is 18.7 Å². The molecule has 1 aromatic heterocycles. The second-order valence-corrected chi connectivity index (χ2v) is 8.41. The third-order valence-corrected chi connectivity index (χ3v) is 5.02. The van der Waals surface area contributed by atoms with E-state index in [4.69, 9.17) is 9.29 Å². The van der Waals surface area contributed by atoms with Gasteiger partial charge in [-0.05, 0) is 36.6 Å². The average Bonchev–Trinajstić information content (AvgIpc) is 3.13. The van der Waals surface area contributed by atoms with Crippen LogP contribution in [0.15, 0.2) is 24.4 Å². The van der Waals surface area contributed by atoms with Crippen LogP contribution in [-0.4, -0.2) is 48.5 Å². The van der Waals surface area contributed by atoms with Crippen LogP contribution in [-0.2, 0) is 23.6 Å². The number of ether oxygens (including phenoxy) is 1. The van der Waals surface area contributed by atoms with Gasteiger partial charge in [0.05, 0.1) is 30.9 Å². The first kappa shape index (κ1) is 19.6. The second kappa shape index (κ2) is 7.44. The number of methoxy groups -OCH3 is 1. The molecule has 0 bridgehead atoms. The fraction of sp³-hybridized carbons (Fsp3) is 0.474. The van der Waals surface area contributed by atoms with E-state index in [9.17, 15) is 8.42 Å². The predicted molar refractivity (Wildman–Crippen MR) is 107 cm³/mol. The number of benzene rings is 1. The Morgan fingerprint density at radius 1 is 1.37 bits per heavy atom. The molecule has 3 heterocycles. The summed E-state index contributed by atoms with van der Waals surface area (Å²) in [6.07, 6.45) is 6.86. The highest BCUT2D eigenvalue weighted by molar-refractivity contribution is 7.85. The van der Waals surface area contributed by atoms with Crippen molar-refractivity contribution >= 4 is 26.7 Å². The first-order valence-electron chi connectivity index (χ1n) is 9.05. The zero-order chi connectivity index (χ0) is 19.8. The average molecular weight is 394 g/mol. The monoisotopic (exact) mass is 393 g/mol. The summed E-state index contributed by atoms with van der Waals surface area (Å²) in [6.45, 7) is 3.34. The van der Waals surface area contributed by atoms with E-state index in [-0.39, 0.29) is 0 Å². The highest BCUT2D eigenvalue weighted by Crippen LogP contribution is 2.39. The summed E-state index contributed by atoms with van der Waals surface area (Å²) in [4.78, 5) is 2.53. The van der Waals surface area contributed by atoms with E-state index < -0.39 is 10.1 Å². The summed E-state index contributed by atoms with van der Waals surface area (Å²) in [7, 11) is 0.238. The van der Waals surface area contributed by atoms with Crippen LogP contribution < -0.4 is 10.1 Å². The third-order valence-electron chi connectivity index (χ3n) is 5.02. The molecule has 2 N–H and O–H groups in total. The SMILES string of the molecule is CCCC1NC=C2c3c(c4cc(OC)ccc4n3C)CCN21.CS(=O)(=O)O. The molecule has 27 heavy (non-hydrogen) atoms. The van der Waals surface area contributed by atoms with Gasteiger partial charge in [0.25, 0.3) is 10.1 Å². The largest absolute Gasteiger partial charge is 0.497 e. The van der Waals surface area contributed by atoms with Gasteiger partial charge in [0.15, 0.2) is 0 Å². The van der Waals surface area contributed by atoms with Crippen molar-refractivity contribution in [2.24, 2.45) is 7.05 Å². The number of fused-ring (bicyclic) bond motifs is 5. The number of nitrogens with one attached hydrogen (secondary N) is 1. The van der Waals surface area contributed by atoms with Gasteiger partial charge in [0, 0.05) is 30.7 Å². The Bertz CT molecular complexity index is 970. The fourth-order valence-corrected chi connectivity index (χ4v) is 3.95. The van der Waals surface area contributed by atoms with Crippen LogP contribution in [0.4, 0.5) is 0 Å². The van der Waals surface area contributed by atoms with Gasteiger partial charge in [-0.15, -0.1) is 0 Å². The molecular formula is C19H27N3O4S. The standard InChI is InChI=1S/C18H23N3O.CH4O3S/c1-4-5-17-19-11-16-18-13(8-9-21(16)17)14-10-12(22-3)6-7-15(14)20(18)2;1-5(2,3)4/h6-7,10-11,17,19H,4-5,8-9H2,1-3H3;1H3,(H,2,3,4). The maximum Gasteiger partial charge on any atom is 0.261 e. The van der Waals surface area contributed by atoms with Crippen molar-refractivity contribution in [3.63, 3.8) is 0 Å². The number of aryl methyl sites for hydroxylation is 1. The molecule has 0 spiro atoms. The molecule has 1 unspecified atom stereocenters. The Balaban J connectivity index is 0.000000376. The Hall–Kier alpha value is -2.19. The minimum Gasteiger partial charge on any atom is -0.497 e.